The third kappa shape index (κ3) is 18.6. The summed E-state index contributed by atoms with van der Waals surface area (Å²) in [5, 5.41) is 6.21. The molecule has 6 aliphatic heterocycles. The molecule has 6 aliphatic rings. The summed E-state index contributed by atoms with van der Waals surface area (Å²) in [5.74, 6) is -1.78. The second kappa shape index (κ2) is 32.4. The van der Waals surface area contributed by atoms with Crippen molar-refractivity contribution in [3.63, 3.8) is 0 Å². The van der Waals surface area contributed by atoms with Gasteiger partial charge in [-0.1, -0.05) is 48.5 Å². The maximum Gasteiger partial charge on any atom is 0.410 e. The van der Waals surface area contributed by atoms with Gasteiger partial charge >= 0.3 is 12.2 Å². The number of rotatable bonds is 17. The Hall–Kier alpha value is -6.21. The van der Waals surface area contributed by atoms with Gasteiger partial charge in [-0.3, -0.25) is 38.8 Å². The molecule has 20 nitrogen and oxygen atoms in total. The molecule has 25 heteroatoms. The minimum Gasteiger partial charge on any atom is -0.444 e. The fourth-order valence-electron chi connectivity index (χ4n) is 14.2. The van der Waals surface area contributed by atoms with Crippen LogP contribution in [-0.2, 0) is 61.8 Å². The maximum atomic E-state index is 15.2. The molecule has 4 fully saturated rings. The molecule has 534 valence electrons. The molecule has 4 aromatic carbocycles. The average Bonchev–Trinajstić information content (AvgIpc) is 1.60. The van der Waals surface area contributed by atoms with E-state index in [1.807, 2.05) is 106 Å². The van der Waals surface area contributed by atoms with Crippen LogP contribution in [0, 0.1) is 11.6 Å². The number of ether oxygens (including phenoxy) is 4. The van der Waals surface area contributed by atoms with Crippen LogP contribution in [0.3, 0.4) is 0 Å². The molecule has 0 saturated carbocycles. The van der Waals surface area contributed by atoms with Gasteiger partial charge in [-0.15, -0.1) is 37.2 Å². The van der Waals surface area contributed by atoms with Gasteiger partial charge in [-0.25, -0.2) is 18.4 Å². The maximum absolute atomic E-state index is 15.2. The molecule has 0 radical (unpaired) electrons. The van der Waals surface area contributed by atoms with Gasteiger partial charge < -0.3 is 49.2 Å². The van der Waals surface area contributed by atoms with E-state index in [2.05, 4.69) is 44.1 Å². The monoisotopic (exact) mass is 1410 g/mol. The molecule has 0 spiro atoms. The first-order valence-electron chi connectivity index (χ1n) is 33.5. The van der Waals surface area contributed by atoms with Gasteiger partial charge in [0.25, 0.3) is 0 Å². The summed E-state index contributed by atoms with van der Waals surface area (Å²) in [6.45, 7) is 29.5. The first kappa shape index (κ1) is 78.1. The Morgan fingerprint density at radius 2 is 0.856 bits per heavy atom. The highest BCUT2D eigenvalue weighted by Crippen LogP contribution is 2.44. The van der Waals surface area contributed by atoms with E-state index in [9.17, 15) is 28.0 Å². The van der Waals surface area contributed by atoms with Crippen LogP contribution in [0.15, 0.2) is 84.9 Å². The molecule has 97 heavy (non-hydrogen) atoms. The Balaban J connectivity index is 0.00000442. The summed E-state index contributed by atoms with van der Waals surface area (Å²) in [6, 6.07) is 23.4. The van der Waals surface area contributed by atoms with Crippen molar-refractivity contribution in [2.75, 3.05) is 128 Å². The Morgan fingerprint density at radius 3 is 1.20 bits per heavy atom. The lowest BCUT2D eigenvalue weighted by atomic mass is 9.82. The van der Waals surface area contributed by atoms with Gasteiger partial charge in [0.05, 0.1) is 50.3 Å². The summed E-state index contributed by atoms with van der Waals surface area (Å²) in [4.78, 5) is 104. The zero-order chi connectivity index (χ0) is 67.6. The lowest BCUT2D eigenvalue weighted by Gasteiger charge is -2.47. The molecule has 10 rings (SSSR count). The molecule has 4 aromatic rings. The molecule has 6 heterocycles. The number of fused-ring (bicyclic) bond motifs is 2. The summed E-state index contributed by atoms with van der Waals surface area (Å²) < 4.78 is 51.4. The van der Waals surface area contributed by atoms with E-state index >= 15 is 9.59 Å². The minimum absolute atomic E-state index is 0. The second-order valence-corrected chi connectivity index (χ2v) is 29.4. The highest BCUT2D eigenvalue weighted by Gasteiger charge is 2.50. The molecule has 2 unspecified atom stereocenters. The van der Waals surface area contributed by atoms with E-state index in [0.717, 1.165) is 22.3 Å². The molecular formula is C72H101Cl3F2N10O10. The van der Waals surface area contributed by atoms with Crippen LogP contribution in [-0.4, -0.2) is 231 Å². The molecule has 2 N–H and O–H groups in total. The fraction of sp³-hybridized carbons (Fsp3) is 0.583. The predicted molar refractivity (Wildman–Crippen MR) is 378 cm³/mol. The minimum atomic E-state index is -1.22. The lowest BCUT2D eigenvalue weighted by molar-refractivity contribution is -0.128. The number of hydrogen-bond donors (Lipinski definition) is 2. The second-order valence-electron chi connectivity index (χ2n) is 29.4. The van der Waals surface area contributed by atoms with Crippen molar-refractivity contribution < 1.29 is 56.5 Å². The van der Waals surface area contributed by atoms with E-state index < -0.39 is 34.2 Å². The van der Waals surface area contributed by atoms with Crippen molar-refractivity contribution in [1.82, 2.24) is 40.0 Å². The Bertz CT molecular complexity index is 3200. The van der Waals surface area contributed by atoms with Crippen LogP contribution in [0.2, 0.25) is 0 Å². The van der Waals surface area contributed by atoms with Crippen molar-refractivity contribution in [3.8, 4) is 0 Å². The normalized spacial score (nSPS) is 24.8. The SMILES string of the molecule is C[C@@H]1COCCN1C[C@H]1CN(C(=O)OC(C)(C)C)[C@H](C)CN1CC(=O)N1CC(C)(C(=O)NCCNC(=O)C2(C)CN(C(=O)CN3C[C@@H](C)N(C(=O)OC(C)(C)C)C[C@@H]3CN3CCOC[C@H]3C)c3cc(Cc4ccc(F)cc4)ccc32)c2ccc(Cc3ccc(F)cc3)cc21.Cl.Cl.Cl. The third-order valence-corrected chi connectivity index (χ3v) is 19.5. The van der Waals surface area contributed by atoms with Crippen LogP contribution in [0.5, 0.6) is 0 Å². The van der Waals surface area contributed by atoms with Gasteiger partial charge in [-0.2, -0.15) is 0 Å². The number of hydrogen-bond acceptors (Lipinski definition) is 14. The fourth-order valence-corrected chi connectivity index (χ4v) is 14.2. The number of nitrogens with one attached hydrogen (secondary N) is 2. The van der Waals surface area contributed by atoms with Crippen LogP contribution >= 0.6 is 37.2 Å². The zero-order valence-electron chi connectivity index (χ0n) is 58.3. The summed E-state index contributed by atoms with van der Waals surface area (Å²) in [6.07, 6.45) is 0.106. The van der Waals surface area contributed by atoms with E-state index in [1.54, 1.807) is 43.9 Å². The predicted octanol–water partition coefficient (Wildman–Crippen LogP) is 8.61. The number of carbonyl (C=O) groups excluding carboxylic acids is 6. The van der Waals surface area contributed by atoms with E-state index in [-0.39, 0.29) is 148 Å². The first-order chi connectivity index (χ1) is 44.4. The van der Waals surface area contributed by atoms with Gasteiger partial charge in [-0.05, 0) is 166 Å². The van der Waals surface area contributed by atoms with Crippen molar-refractivity contribution in [1.29, 1.82) is 0 Å². The van der Waals surface area contributed by atoms with Crippen molar-refractivity contribution in [2.24, 2.45) is 0 Å². The van der Waals surface area contributed by atoms with Gasteiger partial charge in [0, 0.05) is 126 Å². The lowest BCUT2D eigenvalue weighted by Crippen LogP contribution is -2.64. The number of morpholine rings is 2. The van der Waals surface area contributed by atoms with Crippen LogP contribution in [0.1, 0.15) is 116 Å². The standard InChI is InChI=1S/C72H98F2N10O10.3ClH/c1-47-35-79(57(37-77-27-29-91-43-49(77)3)39-81(47)67(89)93-69(5,6)7)41-63(85)83-45-71(11,59-23-17-53(33-61(59)83)31-51-13-19-55(73)20-14-51)65(87)75-25-26-76-66(88)72(12)46-84(62-34-54(18-24-60(62)72)32-52-15-21-56(74)22-16-52)64(86)42-80-36-48(2)82(68(90)94-70(8,9)10)40-58(80)38-78-28-30-92-44-50(78)4;;;/h13-24,33-34,47-50,57-58H,25-32,35-46H2,1-12H3,(H,75,87)(H,76,88);3*1H/t47-,48-,49-,50-,57+,58+,71?,72?;;;/m1.../s1. The van der Waals surface area contributed by atoms with Crippen LogP contribution in [0.4, 0.5) is 29.7 Å². The Morgan fingerprint density at radius 1 is 0.505 bits per heavy atom. The molecule has 6 amide bonds. The molecule has 0 aliphatic carbocycles. The number of halogens is 5. The van der Waals surface area contributed by atoms with Gasteiger partial charge in [0.2, 0.25) is 23.6 Å². The summed E-state index contributed by atoms with van der Waals surface area (Å²) in [7, 11) is 0. The van der Waals surface area contributed by atoms with E-state index in [1.165, 1.54) is 24.3 Å². The number of piperazine rings is 2. The largest absolute Gasteiger partial charge is 0.444 e. The average molecular weight is 1410 g/mol. The zero-order valence-corrected chi connectivity index (χ0v) is 60.8. The van der Waals surface area contributed by atoms with Crippen LogP contribution < -0.4 is 20.4 Å². The number of nitrogens with zero attached hydrogens (tertiary/aromatic N) is 8. The number of anilines is 2. The van der Waals surface area contributed by atoms with Crippen molar-refractivity contribution in [3.05, 3.63) is 130 Å². The summed E-state index contributed by atoms with van der Waals surface area (Å²) >= 11 is 0. The van der Waals surface area contributed by atoms with E-state index in [4.69, 9.17) is 18.9 Å². The number of benzene rings is 4. The van der Waals surface area contributed by atoms with Crippen molar-refractivity contribution >= 4 is 84.4 Å². The smallest absolute Gasteiger partial charge is 0.410 e. The number of amides is 6. The van der Waals surface area contributed by atoms with Crippen LogP contribution in [0.25, 0.3) is 0 Å². The molecular weight excluding hydrogens is 1310 g/mol. The number of carbonyl (C=O) groups is 6. The van der Waals surface area contributed by atoms with E-state index in [0.29, 0.717) is 114 Å². The first-order valence-corrected chi connectivity index (χ1v) is 33.5. The topological polar surface area (TPSA) is 189 Å². The molecule has 0 bridgehead atoms. The Labute approximate surface area is 589 Å². The highest BCUT2D eigenvalue weighted by molar-refractivity contribution is 6.04. The molecule has 8 atom stereocenters. The summed E-state index contributed by atoms with van der Waals surface area (Å²) in [5.41, 5.74) is 2.17. The molecule has 4 saturated heterocycles. The van der Waals surface area contributed by atoms with Gasteiger partial charge in [0.15, 0.2) is 0 Å². The molecule has 0 aromatic heterocycles. The quantitative estimate of drug-likeness (QED) is 0.0956. The van der Waals surface area contributed by atoms with Crippen molar-refractivity contribution in [2.45, 2.75) is 154 Å². The third-order valence-electron chi connectivity index (χ3n) is 19.5. The Kier molecular flexibility index (Phi) is 26.1. The van der Waals surface area contributed by atoms with Gasteiger partial charge in [0.1, 0.15) is 22.8 Å². The highest BCUT2D eigenvalue weighted by atomic mass is 35.5.